The zero-order valence-corrected chi connectivity index (χ0v) is 17.7. The summed E-state index contributed by atoms with van der Waals surface area (Å²) in [5.41, 5.74) is 4.35. The Labute approximate surface area is 182 Å². The van der Waals surface area contributed by atoms with Crippen LogP contribution in [0.3, 0.4) is 0 Å². The van der Waals surface area contributed by atoms with Crippen LogP contribution in [0.2, 0.25) is 0 Å². The van der Waals surface area contributed by atoms with Gasteiger partial charge in [-0.25, -0.2) is 0 Å². The quantitative estimate of drug-likeness (QED) is 0.253. The highest BCUT2D eigenvalue weighted by atomic mass is 32.2. The molecule has 7 nitrogen and oxygen atoms in total. The molecule has 1 aliphatic heterocycles. The number of pyridine rings is 1. The lowest BCUT2D eigenvalue weighted by atomic mass is 10.2. The molecule has 1 amide bonds. The zero-order chi connectivity index (χ0) is 21.4. The van der Waals surface area contributed by atoms with Crippen LogP contribution in [0.25, 0.3) is 11.8 Å². The Hall–Kier alpha value is -3.30. The monoisotopic (exact) mass is 436 g/mol. The smallest absolute Gasteiger partial charge is 0.270 e. The molecule has 1 fully saturated rings. The minimum atomic E-state index is -0.480. The number of amides is 1. The van der Waals surface area contributed by atoms with Crippen LogP contribution in [0.1, 0.15) is 17.0 Å². The highest BCUT2D eigenvalue weighted by Gasteiger charge is 2.33. The van der Waals surface area contributed by atoms with Gasteiger partial charge in [-0.3, -0.25) is 24.8 Å². The van der Waals surface area contributed by atoms with E-state index in [4.69, 9.17) is 12.2 Å². The van der Waals surface area contributed by atoms with E-state index in [1.54, 1.807) is 12.4 Å². The van der Waals surface area contributed by atoms with E-state index in [-0.39, 0.29) is 11.6 Å². The number of anilines is 1. The maximum Gasteiger partial charge on any atom is 0.270 e. The van der Waals surface area contributed by atoms with Gasteiger partial charge in [-0.1, -0.05) is 24.0 Å². The van der Waals surface area contributed by atoms with Crippen molar-refractivity contribution in [3.05, 3.63) is 86.8 Å². The fourth-order valence-electron chi connectivity index (χ4n) is 3.37. The second kappa shape index (κ2) is 7.85. The second-order valence-electron chi connectivity index (χ2n) is 6.66. The summed E-state index contributed by atoms with van der Waals surface area (Å²) < 4.78 is 2.47. The number of thioether (sulfide) groups is 1. The summed E-state index contributed by atoms with van der Waals surface area (Å²) in [6.45, 7) is 3.99. The first-order valence-corrected chi connectivity index (χ1v) is 10.2. The molecule has 0 radical (unpaired) electrons. The van der Waals surface area contributed by atoms with Crippen molar-refractivity contribution >= 4 is 51.7 Å². The van der Waals surface area contributed by atoms with E-state index in [1.807, 2.05) is 38.1 Å². The van der Waals surface area contributed by atoms with Crippen LogP contribution in [0.15, 0.2) is 59.8 Å². The number of benzene rings is 1. The Morgan fingerprint density at radius 1 is 1.17 bits per heavy atom. The van der Waals surface area contributed by atoms with Gasteiger partial charge < -0.3 is 4.57 Å². The van der Waals surface area contributed by atoms with Gasteiger partial charge in [0.15, 0.2) is 4.32 Å². The molecule has 0 bridgehead atoms. The van der Waals surface area contributed by atoms with Crippen molar-refractivity contribution in [1.29, 1.82) is 0 Å². The van der Waals surface area contributed by atoms with Crippen LogP contribution >= 0.6 is 24.0 Å². The average Bonchev–Trinajstić information content (AvgIpc) is 3.17. The maximum absolute atomic E-state index is 13.0. The molecule has 150 valence electrons. The number of aromatic nitrogens is 2. The first-order chi connectivity index (χ1) is 14.4. The molecule has 1 aliphatic rings. The Balaban J connectivity index is 1.67. The molecule has 0 spiro atoms. The number of hydrogen-bond donors (Lipinski definition) is 0. The highest BCUT2D eigenvalue weighted by Crippen LogP contribution is 2.37. The number of carbonyl (C=O) groups excluding carboxylic acids is 1. The van der Waals surface area contributed by atoms with Gasteiger partial charge in [0.05, 0.1) is 27.4 Å². The van der Waals surface area contributed by atoms with Gasteiger partial charge in [0.25, 0.3) is 11.6 Å². The third kappa shape index (κ3) is 3.53. The van der Waals surface area contributed by atoms with Crippen molar-refractivity contribution in [2.24, 2.45) is 0 Å². The lowest BCUT2D eigenvalue weighted by Crippen LogP contribution is -2.27. The van der Waals surface area contributed by atoms with Crippen LogP contribution in [-0.2, 0) is 4.79 Å². The topological polar surface area (TPSA) is 81.3 Å². The maximum atomic E-state index is 13.0. The van der Waals surface area contributed by atoms with Gasteiger partial charge in [0.2, 0.25) is 0 Å². The highest BCUT2D eigenvalue weighted by molar-refractivity contribution is 8.27. The molecule has 0 aliphatic carbocycles. The van der Waals surface area contributed by atoms with Gasteiger partial charge >= 0.3 is 0 Å². The van der Waals surface area contributed by atoms with E-state index in [0.717, 1.165) is 22.6 Å². The average molecular weight is 437 g/mol. The molecule has 0 atom stereocenters. The molecule has 0 N–H and O–H groups in total. The van der Waals surface area contributed by atoms with Crippen molar-refractivity contribution in [1.82, 2.24) is 9.55 Å². The van der Waals surface area contributed by atoms with Crippen LogP contribution in [-0.4, -0.2) is 24.7 Å². The van der Waals surface area contributed by atoms with E-state index < -0.39 is 4.92 Å². The number of nitro benzene ring substituents is 1. The molecule has 2 aromatic heterocycles. The largest absolute Gasteiger partial charge is 0.316 e. The van der Waals surface area contributed by atoms with Crippen molar-refractivity contribution in [3.63, 3.8) is 0 Å². The lowest BCUT2D eigenvalue weighted by Gasteiger charge is -2.13. The molecular weight excluding hydrogens is 420 g/mol. The molecule has 1 aromatic carbocycles. The third-order valence-electron chi connectivity index (χ3n) is 4.77. The fraction of sp³-hybridized carbons (Fsp3) is 0.0952. The number of thiocarbonyl (C=S) groups is 1. The van der Waals surface area contributed by atoms with Crippen LogP contribution in [0, 0.1) is 24.0 Å². The van der Waals surface area contributed by atoms with Crippen molar-refractivity contribution in [3.8, 4) is 5.69 Å². The summed E-state index contributed by atoms with van der Waals surface area (Å²) in [6.07, 6.45) is 5.35. The summed E-state index contributed by atoms with van der Waals surface area (Å²) in [5, 5.41) is 10.9. The van der Waals surface area contributed by atoms with E-state index in [9.17, 15) is 14.9 Å². The standard InChI is InChI=1S/C21H16N4O3S2/c1-13-10-15(14(2)23(13)18-4-3-9-22-12-18)11-19-20(26)24(21(29)30-19)16-5-7-17(8-6-16)25(27)28/h3-12H,1-2H3. The number of nitrogens with zero attached hydrogens (tertiary/aromatic N) is 4. The summed E-state index contributed by atoms with van der Waals surface area (Å²) >= 11 is 6.61. The Morgan fingerprint density at radius 3 is 2.53 bits per heavy atom. The van der Waals surface area contributed by atoms with Crippen molar-refractivity contribution in [2.45, 2.75) is 13.8 Å². The molecule has 1 saturated heterocycles. The number of rotatable bonds is 4. The van der Waals surface area contributed by atoms with Crippen LogP contribution in [0.4, 0.5) is 11.4 Å². The van der Waals surface area contributed by atoms with E-state index in [1.165, 1.54) is 40.9 Å². The molecular formula is C21H16N4O3S2. The first kappa shape index (κ1) is 20.0. The van der Waals surface area contributed by atoms with Crippen LogP contribution in [0.5, 0.6) is 0 Å². The minimum absolute atomic E-state index is 0.0393. The van der Waals surface area contributed by atoms with Gasteiger partial charge in [0, 0.05) is 29.7 Å². The minimum Gasteiger partial charge on any atom is -0.316 e. The van der Waals surface area contributed by atoms with E-state index in [2.05, 4.69) is 9.55 Å². The normalized spacial score (nSPS) is 15.3. The lowest BCUT2D eigenvalue weighted by molar-refractivity contribution is -0.384. The number of nitro groups is 1. The zero-order valence-electron chi connectivity index (χ0n) is 16.1. The first-order valence-electron chi connectivity index (χ1n) is 8.98. The Morgan fingerprint density at radius 2 is 1.90 bits per heavy atom. The predicted molar refractivity (Wildman–Crippen MR) is 122 cm³/mol. The summed E-state index contributed by atoms with van der Waals surface area (Å²) in [5.74, 6) is -0.245. The van der Waals surface area contributed by atoms with Gasteiger partial charge in [0.1, 0.15) is 0 Å². The number of non-ortho nitro benzene ring substituents is 1. The third-order valence-corrected chi connectivity index (χ3v) is 6.08. The molecule has 0 saturated carbocycles. The number of aryl methyl sites for hydroxylation is 1. The molecule has 3 aromatic rings. The Kier molecular flexibility index (Phi) is 5.23. The van der Waals surface area contributed by atoms with Gasteiger partial charge in [-0.2, -0.15) is 0 Å². The fourth-order valence-corrected chi connectivity index (χ4v) is 4.66. The van der Waals surface area contributed by atoms with Crippen LogP contribution < -0.4 is 4.90 Å². The van der Waals surface area contributed by atoms with E-state index in [0.29, 0.717) is 14.9 Å². The molecule has 0 unspecified atom stereocenters. The summed E-state index contributed by atoms with van der Waals surface area (Å²) in [4.78, 5) is 29.5. The number of hydrogen-bond acceptors (Lipinski definition) is 6. The van der Waals surface area contributed by atoms with Gasteiger partial charge in [-0.05, 0) is 55.8 Å². The molecule has 4 rings (SSSR count). The Bertz CT molecular complexity index is 1200. The SMILES string of the molecule is Cc1cc(C=C2SC(=S)N(c3ccc([N+](=O)[O-])cc3)C2=O)c(C)n1-c1cccnc1. The van der Waals surface area contributed by atoms with E-state index >= 15 is 0 Å². The van der Waals surface area contributed by atoms with Crippen molar-refractivity contribution in [2.75, 3.05) is 4.90 Å². The summed E-state index contributed by atoms with van der Waals surface area (Å²) in [6, 6.07) is 11.6. The molecule has 9 heteroatoms. The number of carbonyl (C=O) groups is 1. The predicted octanol–water partition coefficient (Wildman–Crippen LogP) is 4.80. The molecule has 3 heterocycles. The second-order valence-corrected chi connectivity index (χ2v) is 8.34. The molecule has 30 heavy (non-hydrogen) atoms. The summed E-state index contributed by atoms with van der Waals surface area (Å²) in [7, 11) is 0. The van der Waals surface area contributed by atoms with Gasteiger partial charge in [-0.15, -0.1) is 0 Å². The van der Waals surface area contributed by atoms with Crippen molar-refractivity contribution < 1.29 is 9.72 Å².